The first-order valence-corrected chi connectivity index (χ1v) is 22.3. The molecule has 5 aliphatic rings. The van der Waals surface area contributed by atoms with Gasteiger partial charge < -0.3 is 19.3 Å². The minimum absolute atomic E-state index is 0.216. The van der Waals surface area contributed by atoms with Gasteiger partial charge in [0.1, 0.15) is 11.4 Å². The second kappa shape index (κ2) is 16.6. The van der Waals surface area contributed by atoms with Crippen LogP contribution in [0.3, 0.4) is 0 Å². The number of nitrogens with one attached hydrogen (secondary N) is 1. The molecule has 1 saturated heterocycles. The normalized spacial score (nSPS) is 34.9. The average Bonchev–Trinajstić information content (AvgIpc) is 3.12. The highest BCUT2D eigenvalue weighted by atomic mass is 35.5. The Balaban J connectivity index is 1.35. The van der Waals surface area contributed by atoms with Crippen molar-refractivity contribution in [2.24, 2.45) is 34.5 Å². The van der Waals surface area contributed by atoms with E-state index in [1.54, 1.807) is 13.0 Å². The van der Waals surface area contributed by atoms with E-state index in [-0.39, 0.29) is 28.6 Å². The second-order valence-corrected chi connectivity index (χ2v) is 20.9. The third-order valence-electron chi connectivity index (χ3n) is 13.1. The number of carbonyl (C=O) groups excluding carboxylic acids is 1. The van der Waals surface area contributed by atoms with E-state index in [4.69, 9.17) is 21.1 Å². The van der Waals surface area contributed by atoms with Crippen LogP contribution in [0.5, 0.6) is 5.75 Å². The fourth-order valence-electron chi connectivity index (χ4n) is 9.32. The van der Waals surface area contributed by atoms with Crippen LogP contribution in [0.4, 0.5) is 5.69 Å². The SMILES string of the molecule is CO[C@]1(CN2CCN(CC(C)(C)C)CC2)/C=C/C[C@H](C)[C@@H](C)S(=O)(=O)NC(=O)c2ccc3c(c2)N(CCCCC2C=C(Cl)C=CC2(C)CO3)C[C@@H]2CC[C@H]21. The van der Waals surface area contributed by atoms with Crippen LogP contribution in [0.2, 0.25) is 0 Å². The highest BCUT2D eigenvalue weighted by Crippen LogP contribution is 2.47. The van der Waals surface area contributed by atoms with Gasteiger partial charge in [0, 0.05) is 75.5 Å². The zero-order chi connectivity index (χ0) is 38.9. The number of rotatable bonds is 4. The summed E-state index contributed by atoms with van der Waals surface area (Å²) in [5, 5.41) is -0.00518. The predicted molar refractivity (Wildman–Crippen MR) is 220 cm³/mol. The van der Waals surface area contributed by atoms with Gasteiger partial charge in [-0.2, -0.15) is 0 Å². The maximum atomic E-state index is 13.7. The molecule has 54 heavy (non-hydrogen) atoms. The number of hydrogen-bond donors (Lipinski definition) is 1. The van der Waals surface area contributed by atoms with Crippen molar-refractivity contribution in [3.63, 3.8) is 0 Å². The average molecular weight is 786 g/mol. The van der Waals surface area contributed by atoms with Gasteiger partial charge >= 0.3 is 0 Å². The molecule has 6 rings (SSSR count). The van der Waals surface area contributed by atoms with E-state index in [0.29, 0.717) is 30.3 Å². The second-order valence-electron chi connectivity index (χ2n) is 18.4. The molecule has 0 aromatic heterocycles. The summed E-state index contributed by atoms with van der Waals surface area (Å²) in [6.45, 7) is 20.8. The Morgan fingerprint density at radius 2 is 1.76 bits per heavy atom. The van der Waals surface area contributed by atoms with E-state index in [0.717, 1.165) is 95.2 Å². The number of piperazine rings is 1. The van der Waals surface area contributed by atoms with Crippen LogP contribution < -0.4 is 14.4 Å². The zero-order valence-electron chi connectivity index (χ0n) is 33.8. The van der Waals surface area contributed by atoms with Crippen molar-refractivity contribution in [3.05, 3.63) is 59.2 Å². The van der Waals surface area contributed by atoms with Gasteiger partial charge in [0.2, 0.25) is 10.0 Å². The first-order valence-electron chi connectivity index (χ1n) is 20.3. The van der Waals surface area contributed by atoms with Crippen LogP contribution in [0.15, 0.2) is 53.6 Å². The van der Waals surface area contributed by atoms with Crippen molar-refractivity contribution in [1.82, 2.24) is 14.5 Å². The van der Waals surface area contributed by atoms with Crippen LogP contribution in [0.1, 0.15) is 90.4 Å². The minimum Gasteiger partial charge on any atom is -0.490 e. The van der Waals surface area contributed by atoms with E-state index in [9.17, 15) is 13.2 Å². The van der Waals surface area contributed by atoms with Crippen molar-refractivity contribution in [2.75, 3.05) is 71.0 Å². The molecule has 3 heterocycles. The van der Waals surface area contributed by atoms with Gasteiger partial charge in [-0.25, -0.2) is 13.1 Å². The van der Waals surface area contributed by atoms with Crippen molar-refractivity contribution < 1.29 is 22.7 Å². The molecule has 1 N–H and O–H groups in total. The monoisotopic (exact) mass is 784 g/mol. The summed E-state index contributed by atoms with van der Waals surface area (Å²) in [5.41, 5.74) is 0.656. The molecule has 7 atom stereocenters. The fourth-order valence-corrected chi connectivity index (χ4v) is 10.8. The summed E-state index contributed by atoms with van der Waals surface area (Å²) in [5.74, 6) is 0.769. The van der Waals surface area contributed by atoms with Crippen molar-refractivity contribution >= 4 is 33.2 Å². The minimum atomic E-state index is -3.95. The summed E-state index contributed by atoms with van der Waals surface area (Å²) in [6, 6.07) is 5.39. The van der Waals surface area contributed by atoms with E-state index in [1.165, 1.54) is 0 Å². The molecular formula is C43H65ClN4O5S. The molecule has 3 aliphatic heterocycles. The smallest absolute Gasteiger partial charge is 0.264 e. The lowest BCUT2D eigenvalue weighted by Gasteiger charge is -2.52. The number of nitrogens with zero attached hydrogens (tertiary/aromatic N) is 3. The summed E-state index contributed by atoms with van der Waals surface area (Å²) in [7, 11) is -2.10. The third-order valence-corrected chi connectivity index (χ3v) is 15.2. The van der Waals surface area contributed by atoms with Gasteiger partial charge in [0.25, 0.3) is 5.91 Å². The molecule has 0 radical (unpaired) electrons. The molecule has 2 unspecified atom stereocenters. The highest BCUT2D eigenvalue weighted by molar-refractivity contribution is 7.90. The van der Waals surface area contributed by atoms with Crippen molar-refractivity contribution in [2.45, 2.75) is 90.9 Å². The van der Waals surface area contributed by atoms with E-state index in [2.05, 4.69) is 71.4 Å². The molecule has 1 aromatic rings. The number of benzene rings is 1. The summed E-state index contributed by atoms with van der Waals surface area (Å²) in [6.07, 6.45) is 16.4. The molecule has 0 spiro atoms. The number of hydrogen-bond acceptors (Lipinski definition) is 8. The number of amides is 1. The van der Waals surface area contributed by atoms with Crippen molar-refractivity contribution in [3.8, 4) is 5.75 Å². The summed E-state index contributed by atoms with van der Waals surface area (Å²) in [4.78, 5) is 21.2. The number of carbonyl (C=O) groups is 1. The maximum Gasteiger partial charge on any atom is 0.264 e. The molecular weight excluding hydrogens is 720 g/mol. The number of anilines is 1. The number of halogens is 1. The predicted octanol–water partition coefficient (Wildman–Crippen LogP) is 7.49. The van der Waals surface area contributed by atoms with Crippen LogP contribution >= 0.6 is 11.6 Å². The Morgan fingerprint density at radius 3 is 2.44 bits per heavy atom. The maximum absolute atomic E-state index is 13.7. The fraction of sp³-hybridized carbons (Fsp3) is 0.698. The van der Waals surface area contributed by atoms with E-state index >= 15 is 0 Å². The first kappa shape index (κ1) is 41.3. The molecule has 2 bridgehead atoms. The Morgan fingerprint density at radius 1 is 1.02 bits per heavy atom. The number of fused-ring (bicyclic) bond motifs is 3. The zero-order valence-corrected chi connectivity index (χ0v) is 35.4. The van der Waals surface area contributed by atoms with Crippen LogP contribution in [-0.4, -0.2) is 101 Å². The van der Waals surface area contributed by atoms with Crippen molar-refractivity contribution in [1.29, 1.82) is 0 Å². The van der Waals surface area contributed by atoms with Crippen LogP contribution in [0, 0.1) is 34.5 Å². The highest BCUT2D eigenvalue weighted by Gasteiger charge is 2.48. The van der Waals surface area contributed by atoms with Gasteiger partial charge in [0.05, 0.1) is 17.5 Å². The lowest BCUT2D eigenvalue weighted by atomic mass is 9.63. The molecule has 1 saturated carbocycles. The molecule has 9 nitrogen and oxygen atoms in total. The topological polar surface area (TPSA) is 91.4 Å². The van der Waals surface area contributed by atoms with Gasteiger partial charge in [0.15, 0.2) is 0 Å². The number of methoxy groups -OCH3 is 1. The largest absolute Gasteiger partial charge is 0.490 e. The Bertz CT molecular complexity index is 1700. The van der Waals surface area contributed by atoms with Gasteiger partial charge in [-0.15, -0.1) is 0 Å². The number of allylic oxidation sites excluding steroid dienone is 4. The molecule has 300 valence electrons. The number of ether oxygens (including phenoxy) is 2. The molecule has 2 fully saturated rings. The summed E-state index contributed by atoms with van der Waals surface area (Å²) >= 11 is 6.51. The standard InChI is InChI=1S/C43H65ClN4O5S/c1-31-11-10-18-43(52-7,29-47-23-21-46(22-24-47)28-41(3,4)5)37-15-13-34(37)27-48-20-9-8-12-35-26-36(44)17-19-42(35,6)30-53-39-16-14-33(25-38(39)48)40(49)45-54(50,51)32(31)2/h10,14,16-19,25-26,31-32,34-35,37H,8-9,11-13,15,20-24,27-30H2,1-7H3,(H,45,49)/b18-10+/t31-,32+,34-,35?,37+,42?,43-/m0/s1. The third kappa shape index (κ3) is 9.42. The van der Waals surface area contributed by atoms with Crippen LogP contribution in [0.25, 0.3) is 0 Å². The molecule has 1 amide bonds. The van der Waals surface area contributed by atoms with Gasteiger partial charge in [-0.3, -0.25) is 9.69 Å². The lowest BCUT2D eigenvalue weighted by molar-refractivity contribution is -0.0959. The summed E-state index contributed by atoms with van der Waals surface area (Å²) < 4.78 is 43.1. The first-order chi connectivity index (χ1) is 25.5. The van der Waals surface area contributed by atoms with Gasteiger partial charge in [-0.05, 0) is 92.4 Å². The lowest BCUT2D eigenvalue weighted by Crippen LogP contribution is -2.59. The molecule has 2 aliphatic carbocycles. The van der Waals surface area contributed by atoms with Gasteiger partial charge in [-0.1, -0.05) is 76.9 Å². The van der Waals surface area contributed by atoms with E-state index < -0.39 is 26.8 Å². The Labute approximate surface area is 330 Å². The Hall–Kier alpha value is -2.37. The molecule has 1 aromatic carbocycles. The quantitative estimate of drug-likeness (QED) is 0.315. The molecule has 11 heteroatoms. The Kier molecular flexibility index (Phi) is 12.7. The van der Waals surface area contributed by atoms with Crippen LogP contribution in [-0.2, 0) is 14.8 Å². The number of sulfonamides is 1. The van der Waals surface area contributed by atoms with E-state index in [1.807, 2.05) is 32.2 Å².